The Morgan fingerprint density at radius 3 is 2.69 bits per heavy atom. The Morgan fingerprint density at radius 2 is 2.15 bits per heavy atom. The van der Waals surface area contributed by atoms with E-state index in [2.05, 4.69) is 35.0 Å². The molecule has 0 amide bonds. The van der Waals surface area contributed by atoms with Crippen LogP contribution in [0.2, 0.25) is 0 Å². The van der Waals surface area contributed by atoms with E-state index in [1.807, 2.05) is 6.07 Å². The molecule has 3 heteroatoms. The van der Waals surface area contributed by atoms with Gasteiger partial charge in [-0.05, 0) is 40.0 Å². The summed E-state index contributed by atoms with van der Waals surface area (Å²) in [5, 5.41) is 0. The van der Waals surface area contributed by atoms with Gasteiger partial charge in [0.1, 0.15) is 5.75 Å². The number of benzene rings is 1. The molecule has 0 aromatic heterocycles. The molecule has 2 nitrogen and oxygen atoms in total. The van der Waals surface area contributed by atoms with E-state index in [9.17, 15) is 0 Å². The maximum absolute atomic E-state index is 5.32. The van der Waals surface area contributed by atoms with Crippen LogP contribution in [-0.2, 0) is 11.2 Å². The highest BCUT2D eigenvalue weighted by molar-refractivity contribution is 9.10. The van der Waals surface area contributed by atoms with Gasteiger partial charge in [0.05, 0.1) is 4.47 Å². The molecule has 0 heterocycles. The highest BCUT2D eigenvalue weighted by Crippen LogP contribution is 2.26. The van der Waals surface area contributed by atoms with Gasteiger partial charge in [0.15, 0.2) is 6.79 Å². The number of methoxy groups -OCH3 is 1. The van der Waals surface area contributed by atoms with Crippen molar-refractivity contribution in [1.29, 1.82) is 0 Å². The maximum atomic E-state index is 5.32. The van der Waals surface area contributed by atoms with Crippen LogP contribution >= 0.6 is 15.9 Å². The number of aryl methyl sites for hydroxylation is 1. The Bertz CT molecular complexity index is 274. The Labute approximate surface area is 87.0 Å². The zero-order valence-electron chi connectivity index (χ0n) is 7.84. The van der Waals surface area contributed by atoms with E-state index in [0.717, 1.165) is 16.6 Å². The number of ether oxygens (including phenoxy) is 2. The Kier molecular flexibility index (Phi) is 4.25. The number of halogens is 1. The third-order valence-corrected chi connectivity index (χ3v) is 2.36. The number of hydrogen-bond donors (Lipinski definition) is 0. The summed E-state index contributed by atoms with van der Waals surface area (Å²) < 4.78 is 11.1. The number of hydrogen-bond acceptors (Lipinski definition) is 2. The SMILES string of the molecule is CCc1ccc(OCOC)c(Br)c1. The summed E-state index contributed by atoms with van der Waals surface area (Å²) in [6.45, 7) is 2.40. The lowest BCUT2D eigenvalue weighted by Gasteiger charge is -2.07. The molecule has 0 fully saturated rings. The molecule has 0 N–H and O–H groups in total. The first-order valence-electron chi connectivity index (χ1n) is 4.18. The van der Waals surface area contributed by atoms with Crippen LogP contribution in [0.15, 0.2) is 22.7 Å². The molecule has 0 saturated carbocycles. The Morgan fingerprint density at radius 1 is 1.38 bits per heavy atom. The third kappa shape index (κ3) is 3.01. The molecule has 0 radical (unpaired) electrons. The first kappa shape index (κ1) is 10.5. The van der Waals surface area contributed by atoms with Gasteiger partial charge in [-0.1, -0.05) is 13.0 Å². The molecule has 0 bridgehead atoms. The predicted molar refractivity (Wildman–Crippen MR) is 56.0 cm³/mol. The van der Waals surface area contributed by atoms with Gasteiger partial charge in [-0.3, -0.25) is 0 Å². The quantitative estimate of drug-likeness (QED) is 0.759. The summed E-state index contributed by atoms with van der Waals surface area (Å²) in [5.41, 5.74) is 1.29. The molecular weight excluding hydrogens is 232 g/mol. The van der Waals surface area contributed by atoms with Gasteiger partial charge in [-0.25, -0.2) is 0 Å². The van der Waals surface area contributed by atoms with Gasteiger partial charge >= 0.3 is 0 Å². The van der Waals surface area contributed by atoms with Gasteiger partial charge in [0.2, 0.25) is 0 Å². The van der Waals surface area contributed by atoms with Gasteiger partial charge in [-0.2, -0.15) is 0 Å². The lowest BCUT2D eigenvalue weighted by Crippen LogP contribution is -1.99. The zero-order valence-corrected chi connectivity index (χ0v) is 9.43. The topological polar surface area (TPSA) is 18.5 Å². The fourth-order valence-electron chi connectivity index (χ4n) is 1.00. The molecule has 0 aliphatic carbocycles. The highest BCUT2D eigenvalue weighted by atomic mass is 79.9. The molecule has 0 aliphatic heterocycles. The van der Waals surface area contributed by atoms with Gasteiger partial charge in [0, 0.05) is 7.11 Å². The smallest absolute Gasteiger partial charge is 0.188 e. The largest absolute Gasteiger partial charge is 0.466 e. The minimum atomic E-state index is 0.282. The molecule has 1 rings (SSSR count). The minimum absolute atomic E-state index is 0.282. The van der Waals surface area contributed by atoms with Crippen molar-refractivity contribution in [2.75, 3.05) is 13.9 Å². The zero-order chi connectivity index (χ0) is 9.68. The average molecular weight is 245 g/mol. The van der Waals surface area contributed by atoms with Crippen molar-refractivity contribution in [3.8, 4) is 5.75 Å². The molecule has 0 unspecified atom stereocenters. The Hall–Kier alpha value is -0.540. The van der Waals surface area contributed by atoms with Crippen molar-refractivity contribution >= 4 is 15.9 Å². The first-order valence-corrected chi connectivity index (χ1v) is 4.97. The fourth-order valence-corrected chi connectivity index (χ4v) is 1.54. The molecule has 1 aromatic rings. The van der Waals surface area contributed by atoms with Crippen LogP contribution in [0.3, 0.4) is 0 Å². The molecular formula is C10H13BrO2. The van der Waals surface area contributed by atoms with Gasteiger partial charge < -0.3 is 9.47 Å². The van der Waals surface area contributed by atoms with Crippen molar-refractivity contribution in [1.82, 2.24) is 0 Å². The summed E-state index contributed by atoms with van der Waals surface area (Å²) in [6, 6.07) is 6.06. The molecule has 0 saturated heterocycles. The maximum Gasteiger partial charge on any atom is 0.188 e. The summed E-state index contributed by atoms with van der Waals surface area (Å²) in [7, 11) is 1.61. The summed E-state index contributed by atoms with van der Waals surface area (Å²) in [6.07, 6.45) is 1.03. The molecule has 13 heavy (non-hydrogen) atoms. The fraction of sp³-hybridized carbons (Fsp3) is 0.400. The van der Waals surface area contributed by atoms with Crippen LogP contribution in [0.25, 0.3) is 0 Å². The predicted octanol–water partition coefficient (Wildman–Crippen LogP) is 2.99. The highest BCUT2D eigenvalue weighted by Gasteiger charge is 2.00. The van der Waals surface area contributed by atoms with Gasteiger partial charge in [0.25, 0.3) is 0 Å². The lowest BCUT2D eigenvalue weighted by atomic mass is 10.2. The van der Waals surface area contributed by atoms with Crippen LogP contribution in [0.4, 0.5) is 0 Å². The van der Waals surface area contributed by atoms with E-state index in [1.54, 1.807) is 7.11 Å². The normalized spacial score (nSPS) is 10.1. The second-order valence-electron chi connectivity index (χ2n) is 2.67. The van der Waals surface area contributed by atoms with Crippen molar-refractivity contribution in [2.45, 2.75) is 13.3 Å². The average Bonchev–Trinajstić information content (AvgIpc) is 2.16. The second kappa shape index (κ2) is 5.25. The van der Waals surface area contributed by atoms with Crippen LogP contribution in [0, 0.1) is 0 Å². The van der Waals surface area contributed by atoms with Crippen LogP contribution < -0.4 is 4.74 Å². The van der Waals surface area contributed by atoms with E-state index >= 15 is 0 Å². The van der Waals surface area contributed by atoms with Crippen molar-refractivity contribution in [2.24, 2.45) is 0 Å². The van der Waals surface area contributed by atoms with E-state index in [0.29, 0.717) is 0 Å². The molecule has 0 atom stereocenters. The van der Waals surface area contributed by atoms with Crippen molar-refractivity contribution < 1.29 is 9.47 Å². The summed E-state index contributed by atoms with van der Waals surface area (Å²) >= 11 is 3.44. The number of rotatable bonds is 4. The van der Waals surface area contributed by atoms with Crippen LogP contribution in [-0.4, -0.2) is 13.9 Å². The Balaban J connectivity index is 2.73. The van der Waals surface area contributed by atoms with E-state index in [1.165, 1.54) is 5.56 Å². The van der Waals surface area contributed by atoms with E-state index < -0.39 is 0 Å². The molecule has 0 aliphatic rings. The first-order chi connectivity index (χ1) is 6.27. The summed E-state index contributed by atoms with van der Waals surface area (Å²) in [4.78, 5) is 0. The standard InChI is InChI=1S/C10H13BrO2/c1-3-8-4-5-10(9(11)6-8)13-7-12-2/h4-6H,3,7H2,1-2H3. The monoisotopic (exact) mass is 244 g/mol. The van der Waals surface area contributed by atoms with Crippen LogP contribution in [0.1, 0.15) is 12.5 Å². The van der Waals surface area contributed by atoms with Gasteiger partial charge in [-0.15, -0.1) is 0 Å². The molecule has 72 valence electrons. The molecule has 1 aromatic carbocycles. The van der Waals surface area contributed by atoms with E-state index in [-0.39, 0.29) is 6.79 Å². The minimum Gasteiger partial charge on any atom is -0.466 e. The summed E-state index contributed by atoms with van der Waals surface area (Å²) in [5.74, 6) is 0.819. The molecule has 0 spiro atoms. The second-order valence-corrected chi connectivity index (χ2v) is 3.52. The van der Waals surface area contributed by atoms with Crippen molar-refractivity contribution in [3.05, 3.63) is 28.2 Å². The third-order valence-electron chi connectivity index (χ3n) is 1.74. The van der Waals surface area contributed by atoms with Crippen molar-refractivity contribution in [3.63, 3.8) is 0 Å². The lowest BCUT2D eigenvalue weighted by molar-refractivity contribution is 0.0506. The van der Waals surface area contributed by atoms with E-state index in [4.69, 9.17) is 9.47 Å². The van der Waals surface area contributed by atoms with Crippen LogP contribution in [0.5, 0.6) is 5.75 Å².